The molecule has 0 aliphatic carbocycles. The summed E-state index contributed by atoms with van der Waals surface area (Å²) in [4.78, 5) is 21.6. The largest absolute Gasteiger partial charge is 0.477 e. The minimum atomic E-state index is -0.838. The summed E-state index contributed by atoms with van der Waals surface area (Å²) in [5.74, 6) is -1.27. The highest BCUT2D eigenvalue weighted by molar-refractivity contribution is 5.86. The van der Waals surface area contributed by atoms with E-state index in [2.05, 4.69) is 6.58 Å². The summed E-state index contributed by atoms with van der Waals surface area (Å²) in [6, 6.07) is 0. The molecule has 18 heavy (non-hydrogen) atoms. The van der Waals surface area contributed by atoms with Gasteiger partial charge >= 0.3 is 11.9 Å². The SMILES string of the molecule is C=C(C)C(=O)OCCOCC[N+](C)(C)CC(=O)O. The van der Waals surface area contributed by atoms with Crippen molar-refractivity contribution in [2.24, 2.45) is 0 Å². The third kappa shape index (κ3) is 8.72. The van der Waals surface area contributed by atoms with Crippen LogP contribution in [0.2, 0.25) is 0 Å². The first-order valence-corrected chi connectivity index (χ1v) is 5.69. The number of hydrogen-bond acceptors (Lipinski definition) is 4. The van der Waals surface area contributed by atoms with Crippen LogP contribution in [0.5, 0.6) is 0 Å². The van der Waals surface area contributed by atoms with E-state index in [1.807, 2.05) is 14.1 Å². The zero-order valence-electron chi connectivity index (χ0n) is 11.3. The lowest BCUT2D eigenvalue weighted by Crippen LogP contribution is -2.46. The molecule has 0 fully saturated rings. The molecule has 104 valence electrons. The van der Waals surface area contributed by atoms with Gasteiger partial charge in [0.25, 0.3) is 0 Å². The van der Waals surface area contributed by atoms with Crippen LogP contribution in [0.3, 0.4) is 0 Å². The first kappa shape index (κ1) is 16.6. The number of nitrogens with zero attached hydrogens (tertiary/aromatic N) is 1. The molecule has 6 heteroatoms. The van der Waals surface area contributed by atoms with E-state index < -0.39 is 11.9 Å². The number of hydrogen-bond donors (Lipinski definition) is 1. The smallest absolute Gasteiger partial charge is 0.359 e. The fraction of sp³-hybridized carbons (Fsp3) is 0.667. The normalized spacial score (nSPS) is 11.1. The van der Waals surface area contributed by atoms with E-state index in [1.54, 1.807) is 6.92 Å². The number of quaternary nitrogens is 1. The molecule has 0 radical (unpaired) electrons. The predicted octanol–water partition coefficient (Wildman–Crippen LogP) is 0.283. The summed E-state index contributed by atoms with van der Waals surface area (Å²) in [5, 5.41) is 8.68. The quantitative estimate of drug-likeness (QED) is 0.279. The number of ether oxygens (including phenoxy) is 2. The Hall–Kier alpha value is -1.40. The molecule has 0 aromatic carbocycles. The van der Waals surface area contributed by atoms with Crippen LogP contribution >= 0.6 is 0 Å². The number of likely N-dealkylation sites (N-methyl/N-ethyl adjacent to an activating group) is 1. The third-order valence-electron chi connectivity index (χ3n) is 2.21. The Morgan fingerprint density at radius 3 is 2.33 bits per heavy atom. The minimum absolute atomic E-state index is 0.0496. The second-order valence-corrected chi connectivity index (χ2v) is 4.74. The third-order valence-corrected chi connectivity index (χ3v) is 2.21. The number of aliphatic carboxylic acids is 1. The van der Waals surface area contributed by atoms with Crippen LogP contribution in [0.25, 0.3) is 0 Å². The summed E-state index contributed by atoms with van der Waals surface area (Å²) in [7, 11) is 3.64. The van der Waals surface area contributed by atoms with Gasteiger partial charge in [-0.05, 0) is 6.92 Å². The molecule has 0 amide bonds. The number of carbonyl (C=O) groups is 2. The van der Waals surface area contributed by atoms with Gasteiger partial charge in [-0.1, -0.05) is 6.58 Å². The van der Waals surface area contributed by atoms with E-state index >= 15 is 0 Å². The maximum Gasteiger partial charge on any atom is 0.359 e. The summed E-state index contributed by atoms with van der Waals surface area (Å²) >= 11 is 0. The molecule has 0 bridgehead atoms. The highest BCUT2D eigenvalue weighted by Crippen LogP contribution is 1.96. The molecular formula is C12H22NO5+. The van der Waals surface area contributed by atoms with Gasteiger partial charge in [-0.2, -0.15) is 0 Å². The van der Waals surface area contributed by atoms with Crippen molar-refractivity contribution < 1.29 is 28.7 Å². The van der Waals surface area contributed by atoms with Gasteiger partial charge in [-0.15, -0.1) is 0 Å². The second kappa shape index (κ2) is 7.84. The van der Waals surface area contributed by atoms with E-state index in [-0.39, 0.29) is 13.2 Å². The molecule has 0 aromatic heterocycles. The molecular weight excluding hydrogens is 238 g/mol. The minimum Gasteiger partial charge on any atom is -0.477 e. The zero-order chi connectivity index (χ0) is 14.2. The van der Waals surface area contributed by atoms with Gasteiger partial charge < -0.3 is 19.1 Å². The number of carbonyl (C=O) groups excluding carboxylic acids is 1. The van der Waals surface area contributed by atoms with E-state index in [0.29, 0.717) is 29.8 Å². The van der Waals surface area contributed by atoms with Crippen molar-refractivity contribution in [2.75, 3.05) is 47.0 Å². The van der Waals surface area contributed by atoms with E-state index in [1.165, 1.54) is 0 Å². The lowest BCUT2D eigenvalue weighted by Gasteiger charge is -2.27. The van der Waals surface area contributed by atoms with Crippen LogP contribution in [0, 0.1) is 0 Å². The molecule has 0 aliphatic rings. The Balaban J connectivity index is 3.59. The van der Waals surface area contributed by atoms with Gasteiger partial charge in [0.1, 0.15) is 13.2 Å². The standard InChI is InChI=1S/C12H21NO5/c1-10(2)12(16)18-8-7-17-6-5-13(3,4)9-11(14)15/h1,5-9H2,2-4H3/p+1. The van der Waals surface area contributed by atoms with E-state index in [9.17, 15) is 9.59 Å². The van der Waals surface area contributed by atoms with Gasteiger partial charge in [0.2, 0.25) is 0 Å². The molecule has 0 heterocycles. The zero-order valence-corrected chi connectivity index (χ0v) is 11.3. The Kier molecular flexibility index (Phi) is 7.23. The molecule has 0 saturated heterocycles. The Labute approximate surface area is 107 Å². The Bertz CT molecular complexity index is 312. The number of rotatable bonds is 9. The Morgan fingerprint density at radius 1 is 1.22 bits per heavy atom. The highest BCUT2D eigenvalue weighted by Gasteiger charge is 2.18. The topological polar surface area (TPSA) is 72.8 Å². The molecule has 0 saturated carbocycles. The summed E-state index contributed by atoms with van der Waals surface area (Å²) < 4.78 is 10.5. The first-order chi connectivity index (χ1) is 8.24. The van der Waals surface area contributed by atoms with Gasteiger partial charge in [-0.25, -0.2) is 9.59 Å². The van der Waals surface area contributed by atoms with Crippen LogP contribution in [-0.2, 0) is 19.1 Å². The number of esters is 1. The maximum atomic E-state index is 11.0. The van der Waals surface area contributed by atoms with Crippen LogP contribution in [0.15, 0.2) is 12.2 Å². The molecule has 0 aromatic rings. The second-order valence-electron chi connectivity index (χ2n) is 4.74. The monoisotopic (exact) mass is 260 g/mol. The van der Waals surface area contributed by atoms with E-state index in [4.69, 9.17) is 14.6 Å². The van der Waals surface area contributed by atoms with Crippen molar-refractivity contribution in [3.63, 3.8) is 0 Å². The summed E-state index contributed by atoms with van der Waals surface area (Å²) in [5.41, 5.74) is 0.356. The lowest BCUT2D eigenvalue weighted by molar-refractivity contribution is -0.883. The fourth-order valence-corrected chi connectivity index (χ4v) is 1.18. The van der Waals surface area contributed by atoms with Crippen molar-refractivity contribution in [2.45, 2.75) is 6.92 Å². The van der Waals surface area contributed by atoms with Crippen LogP contribution in [-0.4, -0.2) is 68.5 Å². The molecule has 6 nitrogen and oxygen atoms in total. The molecule has 0 rings (SSSR count). The van der Waals surface area contributed by atoms with Gasteiger partial charge in [0, 0.05) is 5.57 Å². The summed E-state index contributed by atoms with van der Waals surface area (Å²) in [6.07, 6.45) is 0. The first-order valence-electron chi connectivity index (χ1n) is 5.69. The van der Waals surface area contributed by atoms with Crippen molar-refractivity contribution in [3.8, 4) is 0 Å². The van der Waals surface area contributed by atoms with E-state index in [0.717, 1.165) is 0 Å². The molecule has 0 atom stereocenters. The lowest BCUT2D eigenvalue weighted by atomic mass is 10.4. The molecule has 0 spiro atoms. The van der Waals surface area contributed by atoms with Crippen molar-refractivity contribution in [1.29, 1.82) is 0 Å². The summed E-state index contributed by atoms with van der Waals surface area (Å²) in [6.45, 7) is 6.57. The van der Waals surface area contributed by atoms with Crippen LogP contribution in [0.1, 0.15) is 6.92 Å². The predicted molar refractivity (Wildman–Crippen MR) is 66.1 cm³/mol. The van der Waals surface area contributed by atoms with Crippen molar-refractivity contribution >= 4 is 11.9 Å². The number of carboxylic acids is 1. The van der Waals surface area contributed by atoms with Crippen LogP contribution in [0.4, 0.5) is 0 Å². The Morgan fingerprint density at radius 2 is 1.83 bits per heavy atom. The van der Waals surface area contributed by atoms with Crippen molar-refractivity contribution in [1.82, 2.24) is 0 Å². The van der Waals surface area contributed by atoms with Gasteiger partial charge in [0.15, 0.2) is 6.54 Å². The number of carboxylic acid groups (broad SMARTS) is 1. The van der Waals surface area contributed by atoms with Gasteiger partial charge in [0.05, 0.1) is 27.3 Å². The highest BCUT2D eigenvalue weighted by atomic mass is 16.6. The molecule has 0 unspecified atom stereocenters. The fourth-order valence-electron chi connectivity index (χ4n) is 1.18. The molecule has 1 N–H and O–H groups in total. The van der Waals surface area contributed by atoms with Gasteiger partial charge in [-0.3, -0.25) is 0 Å². The molecule has 0 aliphatic heterocycles. The van der Waals surface area contributed by atoms with Crippen molar-refractivity contribution in [3.05, 3.63) is 12.2 Å². The average Bonchev–Trinajstić information content (AvgIpc) is 2.20. The maximum absolute atomic E-state index is 11.0. The average molecular weight is 260 g/mol. The van der Waals surface area contributed by atoms with Crippen LogP contribution < -0.4 is 0 Å².